The van der Waals surface area contributed by atoms with Crippen LogP contribution < -0.4 is 10.3 Å². The molecule has 1 rings (SSSR count). The topological polar surface area (TPSA) is 52.3 Å². The quantitative estimate of drug-likeness (QED) is 0.700. The van der Waals surface area contributed by atoms with Crippen LogP contribution in [0.5, 0.6) is 5.75 Å². The lowest BCUT2D eigenvalue weighted by Gasteiger charge is -2.01. The van der Waals surface area contributed by atoms with Crippen LogP contribution in [0.4, 0.5) is 0 Å². The van der Waals surface area contributed by atoms with Gasteiger partial charge in [-0.1, -0.05) is 18.2 Å². The maximum Gasteiger partial charge on any atom is 0.249 e. The van der Waals surface area contributed by atoms with Crippen molar-refractivity contribution < 1.29 is 9.09 Å². The van der Waals surface area contributed by atoms with E-state index in [0.717, 1.165) is 0 Å². The van der Waals surface area contributed by atoms with Gasteiger partial charge < -0.3 is 10.3 Å². The van der Waals surface area contributed by atoms with Crippen LogP contribution in [0, 0.1) is 0 Å². The molecule has 0 saturated heterocycles. The van der Waals surface area contributed by atoms with Gasteiger partial charge in [-0.15, -0.1) is 0 Å². The predicted molar refractivity (Wildman–Crippen MR) is 45.1 cm³/mol. The van der Waals surface area contributed by atoms with Crippen molar-refractivity contribution in [1.29, 1.82) is 0 Å². The Hall–Kier alpha value is -0.790. The number of para-hydroxylation sites is 1. The summed E-state index contributed by atoms with van der Waals surface area (Å²) >= 11 is 0. The number of benzene rings is 1. The van der Waals surface area contributed by atoms with E-state index in [1.54, 1.807) is 12.1 Å². The van der Waals surface area contributed by atoms with Crippen molar-refractivity contribution in [2.45, 2.75) is 0 Å². The summed E-state index contributed by atoms with van der Waals surface area (Å²) in [4.78, 5) is 0. The standard InChI is InChI=1S/C7H10NO2P/c8-6-11(9)10-7-4-2-1-3-5-7/h1-5,11H,6,8H2. The van der Waals surface area contributed by atoms with E-state index in [9.17, 15) is 4.57 Å². The van der Waals surface area contributed by atoms with Crippen LogP contribution in [0.15, 0.2) is 30.3 Å². The molecule has 60 valence electrons. The Labute approximate surface area is 66.0 Å². The van der Waals surface area contributed by atoms with Gasteiger partial charge in [0.05, 0.1) is 6.29 Å². The second-order valence-corrected chi connectivity index (χ2v) is 3.35. The first-order chi connectivity index (χ1) is 5.33. The van der Waals surface area contributed by atoms with E-state index in [4.69, 9.17) is 10.3 Å². The molecule has 0 bridgehead atoms. The number of hydrogen-bond acceptors (Lipinski definition) is 3. The fraction of sp³-hybridized carbons (Fsp3) is 0.143. The zero-order valence-corrected chi connectivity index (χ0v) is 6.99. The van der Waals surface area contributed by atoms with E-state index < -0.39 is 8.03 Å². The van der Waals surface area contributed by atoms with Crippen LogP contribution in [0.1, 0.15) is 0 Å². The van der Waals surface area contributed by atoms with E-state index in [-0.39, 0.29) is 6.29 Å². The van der Waals surface area contributed by atoms with Crippen LogP contribution in [0.3, 0.4) is 0 Å². The van der Waals surface area contributed by atoms with Gasteiger partial charge in [-0.05, 0) is 12.1 Å². The molecule has 0 fully saturated rings. The monoisotopic (exact) mass is 171 g/mol. The van der Waals surface area contributed by atoms with Gasteiger partial charge in [0, 0.05) is 0 Å². The number of rotatable bonds is 3. The van der Waals surface area contributed by atoms with Gasteiger partial charge in [-0.25, -0.2) is 0 Å². The normalized spacial score (nSPS) is 12.5. The average molecular weight is 171 g/mol. The van der Waals surface area contributed by atoms with Crippen molar-refractivity contribution in [2.75, 3.05) is 6.29 Å². The van der Waals surface area contributed by atoms with Crippen molar-refractivity contribution in [3.8, 4) is 5.75 Å². The molecule has 0 amide bonds. The van der Waals surface area contributed by atoms with Gasteiger partial charge in [0.25, 0.3) is 0 Å². The van der Waals surface area contributed by atoms with E-state index in [1.807, 2.05) is 18.2 Å². The molecule has 0 saturated carbocycles. The number of nitrogens with two attached hydrogens (primary N) is 1. The first kappa shape index (κ1) is 8.31. The van der Waals surface area contributed by atoms with Gasteiger partial charge in [0.15, 0.2) is 0 Å². The highest BCUT2D eigenvalue weighted by atomic mass is 31.1. The molecule has 4 heteroatoms. The molecule has 0 aliphatic carbocycles. The average Bonchev–Trinajstić information content (AvgIpc) is 2.06. The van der Waals surface area contributed by atoms with Crippen LogP contribution in [0.25, 0.3) is 0 Å². The first-order valence-corrected chi connectivity index (χ1v) is 4.81. The highest BCUT2D eigenvalue weighted by molar-refractivity contribution is 7.39. The minimum atomic E-state index is -2.05. The SMILES string of the molecule is NC[PH](=O)Oc1ccccc1. The molecule has 1 aromatic rings. The molecular formula is C7H10NO2P. The maximum absolute atomic E-state index is 10.8. The largest absolute Gasteiger partial charge is 0.444 e. The minimum absolute atomic E-state index is 0.0968. The molecule has 3 nitrogen and oxygen atoms in total. The summed E-state index contributed by atoms with van der Waals surface area (Å²) in [7, 11) is -2.05. The first-order valence-electron chi connectivity index (χ1n) is 3.28. The summed E-state index contributed by atoms with van der Waals surface area (Å²) < 4.78 is 15.8. The van der Waals surface area contributed by atoms with E-state index in [1.165, 1.54) is 0 Å². The van der Waals surface area contributed by atoms with Crippen molar-refractivity contribution in [3.05, 3.63) is 30.3 Å². The maximum atomic E-state index is 10.8. The lowest BCUT2D eigenvalue weighted by molar-refractivity contribution is 0.505. The Morgan fingerprint density at radius 2 is 2.00 bits per heavy atom. The molecule has 11 heavy (non-hydrogen) atoms. The van der Waals surface area contributed by atoms with Gasteiger partial charge in [-0.2, -0.15) is 0 Å². The van der Waals surface area contributed by atoms with Crippen LogP contribution >= 0.6 is 8.03 Å². The zero-order valence-electron chi connectivity index (χ0n) is 5.99. The third kappa shape index (κ3) is 2.74. The smallest absolute Gasteiger partial charge is 0.249 e. The Kier molecular flexibility index (Phi) is 3.14. The van der Waals surface area contributed by atoms with Crippen molar-refractivity contribution in [1.82, 2.24) is 0 Å². The van der Waals surface area contributed by atoms with E-state index >= 15 is 0 Å². The molecule has 1 atom stereocenters. The summed E-state index contributed by atoms with van der Waals surface area (Å²) in [5, 5.41) is 0. The summed E-state index contributed by atoms with van der Waals surface area (Å²) in [5.74, 6) is 0.613. The van der Waals surface area contributed by atoms with Gasteiger partial charge in [0.2, 0.25) is 8.03 Å². The lowest BCUT2D eigenvalue weighted by Crippen LogP contribution is -1.95. The van der Waals surface area contributed by atoms with E-state index in [2.05, 4.69) is 0 Å². The molecule has 0 aromatic heterocycles. The fourth-order valence-electron chi connectivity index (χ4n) is 0.662. The molecule has 1 unspecified atom stereocenters. The molecule has 0 aliphatic rings. The number of hydrogen-bond donors (Lipinski definition) is 1. The van der Waals surface area contributed by atoms with E-state index in [0.29, 0.717) is 5.75 Å². The Bertz CT molecular complexity index is 237. The lowest BCUT2D eigenvalue weighted by atomic mass is 10.3. The van der Waals surface area contributed by atoms with Gasteiger partial charge in [-0.3, -0.25) is 4.57 Å². The van der Waals surface area contributed by atoms with Crippen LogP contribution in [-0.2, 0) is 4.57 Å². The summed E-state index contributed by atoms with van der Waals surface area (Å²) in [6.45, 7) is 0. The summed E-state index contributed by atoms with van der Waals surface area (Å²) in [6.07, 6.45) is 0.0968. The van der Waals surface area contributed by atoms with Gasteiger partial charge >= 0.3 is 0 Å². The highest BCUT2D eigenvalue weighted by Gasteiger charge is 1.95. The molecule has 0 heterocycles. The molecule has 0 radical (unpaired) electrons. The van der Waals surface area contributed by atoms with Crippen LogP contribution in [0.2, 0.25) is 0 Å². The third-order valence-corrected chi connectivity index (χ3v) is 1.94. The highest BCUT2D eigenvalue weighted by Crippen LogP contribution is 2.23. The Morgan fingerprint density at radius 1 is 1.36 bits per heavy atom. The van der Waals surface area contributed by atoms with Gasteiger partial charge in [0.1, 0.15) is 5.75 Å². The van der Waals surface area contributed by atoms with Crippen LogP contribution in [-0.4, -0.2) is 6.29 Å². The second kappa shape index (κ2) is 4.16. The molecule has 2 N–H and O–H groups in total. The van der Waals surface area contributed by atoms with Crippen molar-refractivity contribution in [3.63, 3.8) is 0 Å². The molecule has 1 aromatic carbocycles. The molecule has 0 aliphatic heterocycles. The molecule has 0 spiro atoms. The molecular weight excluding hydrogens is 161 g/mol. The summed E-state index contributed by atoms with van der Waals surface area (Å²) in [5.41, 5.74) is 5.13. The fourth-order valence-corrected chi connectivity index (χ4v) is 1.14. The predicted octanol–water partition coefficient (Wildman–Crippen LogP) is 1.46. The Morgan fingerprint density at radius 3 is 2.55 bits per heavy atom. The van der Waals surface area contributed by atoms with Crippen molar-refractivity contribution in [2.24, 2.45) is 5.73 Å². The zero-order chi connectivity index (χ0) is 8.10. The second-order valence-electron chi connectivity index (χ2n) is 1.99. The van der Waals surface area contributed by atoms with Crippen molar-refractivity contribution >= 4 is 8.03 Å². The Balaban J connectivity index is 2.58. The summed E-state index contributed by atoms with van der Waals surface area (Å²) in [6, 6.07) is 9.00. The minimum Gasteiger partial charge on any atom is -0.444 e. The third-order valence-electron chi connectivity index (χ3n) is 1.14.